The zero-order valence-electron chi connectivity index (χ0n) is 13.8. The van der Waals surface area contributed by atoms with Gasteiger partial charge in [-0.3, -0.25) is 14.3 Å². The Morgan fingerprint density at radius 1 is 1.38 bits per heavy atom. The molecule has 0 aromatic carbocycles. The van der Waals surface area contributed by atoms with Crippen LogP contribution in [0.15, 0.2) is 6.20 Å². The Labute approximate surface area is 142 Å². The Bertz CT molecular complexity index is 822. The molecule has 128 valence electrons. The van der Waals surface area contributed by atoms with Crippen molar-refractivity contribution in [2.75, 3.05) is 11.9 Å². The lowest BCUT2D eigenvalue weighted by Crippen LogP contribution is -2.15. The molecule has 8 nitrogen and oxygen atoms in total. The van der Waals surface area contributed by atoms with E-state index in [2.05, 4.69) is 10.4 Å². The summed E-state index contributed by atoms with van der Waals surface area (Å²) in [5, 5.41) is 6.99. The highest BCUT2D eigenvalue weighted by Gasteiger charge is 2.26. The molecule has 2 amide bonds. The maximum atomic E-state index is 12.4. The fourth-order valence-corrected chi connectivity index (χ4v) is 3.32. The third kappa shape index (κ3) is 3.30. The van der Waals surface area contributed by atoms with Crippen molar-refractivity contribution in [1.82, 2.24) is 9.78 Å². The number of hydrogen-bond donors (Lipinski definition) is 2. The molecule has 0 radical (unpaired) electrons. The highest BCUT2D eigenvalue weighted by Crippen LogP contribution is 2.34. The smallest absolute Gasteiger partial charge is 0.341 e. The van der Waals surface area contributed by atoms with Crippen molar-refractivity contribution in [2.45, 2.75) is 20.8 Å². The topological polar surface area (TPSA) is 116 Å². The van der Waals surface area contributed by atoms with Gasteiger partial charge in [0, 0.05) is 13.2 Å². The van der Waals surface area contributed by atoms with E-state index in [4.69, 9.17) is 10.5 Å². The number of amides is 2. The first-order valence-electron chi connectivity index (χ1n) is 7.18. The van der Waals surface area contributed by atoms with E-state index >= 15 is 0 Å². The van der Waals surface area contributed by atoms with Crippen LogP contribution in [0, 0.1) is 13.8 Å². The van der Waals surface area contributed by atoms with Crippen molar-refractivity contribution >= 4 is 34.1 Å². The van der Waals surface area contributed by atoms with Gasteiger partial charge in [-0.25, -0.2) is 4.79 Å². The van der Waals surface area contributed by atoms with Crippen molar-refractivity contribution < 1.29 is 19.1 Å². The number of nitrogens with one attached hydrogen (secondary N) is 1. The minimum Gasteiger partial charge on any atom is -0.462 e. The lowest BCUT2D eigenvalue weighted by Gasteiger charge is -2.06. The molecule has 0 unspecified atom stereocenters. The molecule has 0 saturated heterocycles. The van der Waals surface area contributed by atoms with Crippen LogP contribution >= 0.6 is 11.3 Å². The molecule has 3 N–H and O–H groups in total. The predicted octanol–water partition coefficient (Wildman–Crippen LogP) is 1.63. The van der Waals surface area contributed by atoms with E-state index in [0.717, 1.165) is 11.3 Å². The van der Waals surface area contributed by atoms with Gasteiger partial charge in [0.1, 0.15) is 5.00 Å². The standard InChI is InChI=1S/C15H18N4O4S/c1-5-23-15(22)10-7(2)11(12(16)20)24-14(10)17-13(21)9-6-19(4)18-8(9)3/h6H,5H2,1-4H3,(H2,16,20)(H,17,21). The average molecular weight is 350 g/mol. The van der Waals surface area contributed by atoms with Gasteiger partial charge in [-0.05, 0) is 26.3 Å². The second-order valence-corrected chi connectivity index (χ2v) is 6.12. The molecule has 0 aliphatic heterocycles. The SMILES string of the molecule is CCOC(=O)c1c(NC(=O)c2cn(C)nc2C)sc(C(N)=O)c1C. The molecule has 0 bridgehead atoms. The van der Waals surface area contributed by atoms with E-state index in [9.17, 15) is 14.4 Å². The fourth-order valence-electron chi connectivity index (χ4n) is 2.28. The van der Waals surface area contributed by atoms with Crippen LogP contribution < -0.4 is 11.1 Å². The Hall–Kier alpha value is -2.68. The van der Waals surface area contributed by atoms with E-state index in [-0.39, 0.29) is 22.0 Å². The van der Waals surface area contributed by atoms with E-state index in [1.54, 1.807) is 34.0 Å². The zero-order valence-corrected chi connectivity index (χ0v) is 14.6. The second-order valence-electron chi connectivity index (χ2n) is 5.10. The van der Waals surface area contributed by atoms with Gasteiger partial charge in [0.15, 0.2) is 0 Å². The first-order chi connectivity index (χ1) is 11.3. The Balaban J connectivity index is 2.43. The number of esters is 1. The van der Waals surface area contributed by atoms with Crippen molar-refractivity contribution in [3.05, 3.63) is 33.5 Å². The Morgan fingerprint density at radius 2 is 2.04 bits per heavy atom. The maximum absolute atomic E-state index is 12.4. The molecular formula is C15H18N4O4S. The van der Waals surface area contributed by atoms with Gasteiger partial charge >= 0.3 is 5.97 Å². The third-order valence-electron chi connectivity index (χ3n) is 3.34. The van der Waals surface area contributed by atoms with Gasteiger partial charge < -0.3 is 15.8 Å². The summed E-state index contributed by atoms with van der Waals surface area (Å²) in [6.07, 6.45) is 1.57. The molecule has 0 atom stereocenters. The molecule has 0 aliphatic rings. The van der Waals surface area contributed by atoms with Crippen molar-refractivity contribution in [3.8, 4) is 0 Å². The molecule has 0 aliphatic carbocycles. The maximum Gasteiger partial charge on any atom is 0.341 e. The minimum atomic E-state index is -0.666. The van der Waals surface area contributed by atoms with Crippen LogP contribution in [-0.2, 0) is 11.8 Å². The number of carbonyl (C=O) groups excluding carboxylic acids is 3. The number of ether oxygens (including phenoxy) is 1. The third-order valence-corrected chi connectivity index (χ3v) is 4.56. The molecule has 0 spiro atoms. The number of nitrogens with zero attached hydrogens (tertiary/aromatic N) is 2. The number of thiophene rings is 1. The number of aromatic nitrogens is 2. The largest absolute Gasteiger partial charge is 0.462 e. The number of nitrogens with two attached hydrogens (primary N) is 1. The molecule has 2 rings (SSSR count). The highest BCUT2D eigenvalue weighted by atomic mass is 32.1. The molecule has 2 heterocycles. The number of aryl methyl sites for hydroxylation is 2. The molecule has 0 saturated carbocycles. The first-order valence-corrected chi connectivity index (χ1v) is 7.99. The molecule has 0 fully saturated rings. The quantitative estimate of drug-likeness (QED) is 0.795. The van der Waals surface area contributed by atoms with Crippen molar-refractivity contribution in [3.63, 3.8) is 0 Å². The Kier molecular flexibility index (Phi) is 5.03. The van der Waals surface area contributed by atoms with Crippen LogP contribution in [0.3, 0.4) is 0 Å². The number of hydrogen-bond acceptors (Lipinski definition) is 6. The fraction of sp³-hybridized carbons (Fsp3) is 0.333. The summed E-state index contributed by atoms with van der Waals surface area (Å²) in [5.74, 6) is -1.71. The molecule has 9 heteroatoms. The van der Waals surface area contributed by atoms with Crippen molar-refractivity contribution in [2.24, 2.45) is 12.8 Å². The summed E-state index contributed by atoms with van der Waals surface area (Å²) >= 11 is 0.950. The lowest BCUT2D eigenvalue weighted by atomic mass is 10.1. The molecule has 2 aromatic rings. The molecule has 2 aromatic heterocycles. The van der Waals surface area contributed by atoms with Gasteiger partial charge in [0.2, 0.25) is 0 Å². The van der Waals surface area contributed by atoms with Gasteiger partial charge in [-0.15, -0.1) is 11.3 Å². The van der Waals surface area contributed by atoms with Crippen LogP contribution in [0.5, 0.6) is 0 Å². The van der Waals surface area contributed by atoms with Crippen LogP contribution in [0.1, 0.15) is 48.6 Å². The zero-order chi connectivity index (χ0) is 18.0. The van der Waals surface area contributed by atoms with Crippen molar-refractivity contribution in [1.29, 1.82) is 0 Å². The van der Waals surface area contributed by atoms with E-state index in [0.29, 0.717) is 16.8 Å². The minimum absolute atomic E-state index is 0.144. The number of rotatable bonds is 5. The van der Waals surface area contributed by atoms with Crippen LogP contribution in [0.25, 0.3) is 0 Å². The number of anilines is 1. The monoisotopic (exact) mass is 350 g/mol. The summed E-state index contributed by atoms with van der Waals surface area (Å²) in [6.45, 7) is 5.14. The summed E-state index contributed by atoms with van der Waals surface area (Å²) < 4.78 is 6.52. The summed E-state index contributed by atoms with van der Waals surface area (Å²) in [7, 11) is 1.70. The average Bonchev–Trinajstić information content (AvgIpc) is 2.98. The molecular weight excluding hydrogens is 332 g/mol. The van der Waals surface area contributed by atoms with Gasteiger partial charge in [0.25, 0.3) is 11.8 Å². The number of carbonyl (C=O) groups is 3. The highest BCUT2D eigenvalue weighted by molar-refractivity contribution is 7.18. The van der Waals surface area contributed by atoms with Gasteiger partial charge in [0.05, 0.1) is 28.3 Å². The first kappa shape index (κ1) is 17.7. The van der Waals surface area contributed by atoms with Crippen LogP contribution in [-0.4, -0.2) is 34.2 Å². The second kappa shape index (κ2) is 6.83. The van der Waals surface area contributed by atoms with Gasteiger partial charge in [-0.2, -0.15) is 5.10 Å². The summed E-state index contributed by atoms with van der Waals surface area (Å²) in [6, 6.07) is 0. The summed E-state index contributed by atoms with van der Waals surface area (Å²) in [5.41, 5.74) is 6.80. The van der Waals surface area contributed by atoms with Crippen LogP contribution in [0.4, 0.5) is 5.00 Å². The van der Waals surface area contributed by atoms with E-state index < -0.39 is 17.8 Å². The van der Waals surface area contributed by atoms with E-state index in [1.165, 1.54) is 4.68 Å². The normalized spacial score (nSPS) is 10.5. The Morgan fingerprint density at radius 3 is 2.54 bits per heavy atom. The molecule has 24 heavy (non-hydrogen) atoms. The van der Waals surface area contributed by atoms with E-state index in [1.807, 2.05) is 0 Å². The summed E-state index contributed by atoms with van der Waals surface area (Å²) in [4.78, 5) is 36.4. The predicted molar refractivity (Wildman–Crippen MR) is 89.4 cm³/mol. The van der Waals surface area contributed by atoms with Gasteiger partial charge in [-0.1, -0.05) is 0 Å². The number of primary amides is 1. The lowest BCUT2D eigenvalue weighted by molar-refractivity contribution is 0.0527. The van der Waals surface area contributed by atoms with Crippen LogP contribution in [0.2, 0.25) is 0 Å².